The van der Waals surface area contributed by atoms with Crippen molar-refractivity contribution in [2.75, 3.05) is 32.1 Å². The summed E-state index contributed by atoms with van der Waals surface area (Å²) in [6.45, 7) is 2.09. The third kappa shape index (κ3) is 4.73. The van der Waals surface area contributed by atoms with Gasteiger partial charge in [0.15, 0.2) is 0 Å². The van der Waals surface area contributed by atoms with Crippen LogP contribution in [0.5, 0.6) is 5.75 Å². The zero-order valence-corrected chi connectivity index (χ0v) is 20.4. The number of ether oxygens (including phenoxy) is 1. The van der Waals surface area contributed by atoms with Crippen molar-refractivity contribution in [3.05, 3.63) is 47.0 Å². The predicted molar refractivity (Wildman–Crippen MR) is 134 cm³/mol. The molecular formula is C26H29ClN4O4. The summed E-state index contributed by atoms with van der Waals surface area (Å²) in [5, 5.41) is 9.89. The maximum Gasteiger partial charge on any atom is 0.256 e. The summed E-state index contributed by atoms with van der Waals surface area (Å²) in [5.41, 5.74) is 2.45. The molecule has 8 nitrogen and oxygen atoms in total. The number of hydrogen-bond donors (Lipinski definition) is 3. The van der Waals surface area contributed by atoms with Crippen LogP contribution in [0.1, 0.15) is 36.0 Å². The van der Waals surface area contributed by atoms with Gasteiger partial charge in [0.1, 0.15) is 11.8 Å². The van der Waals surface area contributed by atoms with E-state index in [1.165, 1.54) is 0 Å². The SMILES string of the molecule is COc1ccc(Cl)cc1-c1ccc2c(c1)C(=O)N1CCC(NC(=O)C3CCNCC3)CC1C(=O)N2. The summed E-state index contributed by atoms with van der Waals surface area (Å²) in [7, 11) is 1.58. The number of carbonyl (C=O) groups is 3. The second-order valence-corrected chi connectivity index (χ2v) is 9.80. The van der Waals surface area contributed by atoms with Gasteiger partial charge in [-0.3, -0.25) is 14.4 Å². The Morgan fingerprint density at radius 2 is 1.89 bits per heavy atom. The van der Waals surface area contributed by atoms with Crippen molar-refractivity contribution in [2.45, 2.75) is 37.8 Å². The third-order valence-electron chi connectivity index (χ3n) is 7.20. The summed E-state index contributed by atoms with van der Waals surface area (Å²) in [4.78, 5) is 41.1. The Bertz CT molecular complexity index is 1160. The van der Waals surface area contributed by atoms with Gasteiger partial charge in [-0.25, -0.2) is 0 Å². The van der Waals surface area contributed by atoms with E-state index < -0.39 is 6.04 Å². The molecule has 0 aliphatic carbocycles. The number of carbonyl (C=O) groups excluding carboxylic acids is 3. The van der Waals surface area contributed by atoms with E-state index in [1.54, 1.807) is 42.3 Å². The van der Waals surface area contributed by atoms with Gasteiger partial charge in [0, 0.05) is 29.1 Å². The molecule has 0 saturated carbocycles. The summed E-state index contributed by atoms with van der Waals surface area (Å²) < 4.78 is 5.48. The number of anilines is 1. The maximum absolute atomic E-state index is 13.6. The molecule has 2 aromatic rings. The molecule has 3 heterocycles. The second-order valence-electron chi connectivity index (χ2n) is 9.36. The molecular weight excluding hydrogens is 468 g/mol. The largest absolute Gasteiger partial charge is 0.496 e. The summed E-state index contributed by atoms with van der Waals surface area (Å²) in [6, 6.07) is 9.92. The highest BCUT2D eigenvalue weighted by Gasteiger charge is 2.40. The molecule has 2 fully saturated rings. The van der Waals surface area contributed by atoms with E-state index in [1.807, 2.05) is 6.07 Å². The smallest absolute Gasteiger partial charge is 0.256 e. The van der Waals surface area contributed by atoms with Crippen LogP contribution in [-0.2, 0) is 9.59 Å². The quantitative estimate of drug-likeness (QED) is 0.604. The first kappa shape index (κ1) is 23.6. The summed E-state index contributed by atoms with van der Waals surface area (Å²) in [5.74, 6) is 0.265. The van der Waals surface area contributed by atoms with E-state index in [-0.39, 0.29) is 29.7 Å². The van der Waals surface area contributed by atoms with E-state index in [2.05, 4.69) is 16.0 Å². The lowest BCUT2D eigenvalue weighted by Crippen LogP contribution is -2.55. The number of nitrogens with zero attached hydrogens (tertiary/aromatic N) is 1. The van der Waals surface area contributed by atoms with Crippen LogP contribution < -0.4 is 20.7 Å². The van der Waals surface area contributed by atoms with Crippen LogP contribution >= 0.6 is 11.6 Å². The average Bonchev–Trinajstić information content (AvgIpc) is 2.98. The van der Waals surface area contributed by atoms with Crippen molar-refractivity contribution in [2.24, 2.45) is 5.92 Å². The lowest BCUT2D eigenvalue weighted by Gasteiger charge is -2.38. The van der Waals surface area contributed by atoms with Gasteiger partial charge in [0.25, 0.3) is 5.91 Å². The number of hydrogen-bond acceptors (Lipinski definition) is 5. The van der Waals surface area contributed by atoms with Crippen molar-refractivity contribution in [3.8, 4) is 16.9 Å². The average molecular weight is 497 g/mol. The van der Waals surface area contributed by atoms with Gasteiger partial charge < -0.3 is 25.6 Å². The number of nitrogens with one attached hydrogen (secondary N) is 3. The number of benzene rings is 2. The van der Waals surface area contributed by atoms with Crippen molar-refractivity contribution >= 4 is 35.0 Å². The Hall–Kier alpha value is -3.10. The van der Waals surface area contributed by atoms with Gasteiger partial charge in [-0.15, -0.1) is 0 Å². The Balaban J connectivity index is 1.37. The maximum atomic E-state index is 13.6. The lowest BCUT2D eigenvalue weighted by molar-refractivity contribution is -0.128. The number of fused-ring (bicyclic) bond motifs is 2. The molecule has 3 aliphatic rings. The van der Waals surface area contributed by atoms with E-state index in [9.17, 15) is 14.4 Å². The Kier molecular flexibility index (Phi) is 6.67. The first-order chi connectivity index (χ1) is 16.9. The molecule has 35 heavy (non-hydrogen) atoms. The van der Waals surface area contributed by atoms with Crippen LogP contribution in [0.3, 0.4) is 0 Å². The highest BCUT2D eigenvalue weighted by molar-refractivity contribution is 6.31. The molecule has 0 bridgehead atoms. The lowest BCUT2D eigenvalue weighted by atomic mass is 9.93. The molecule has 2 aromatic carbocycles. The fraction of sp³-hybridized carbons (Fsp3) is 0.423. The normalized spacial score (nSPS) is 22.5. The number of halogens is 1. The highest BCUT2D eigenvalue weighted by atomic mass is 35.5. The second kappa shape index (κ2) is 9.87. The molecule has 3 amide bonds. The minimum absolute atomic E-state index is 0.00466. The molecule has 2 unspecified atom stereocenters. The Morgan fingerprint density at radius 3 is 2.66 bits per heavy atom. The Morgan fingerprint density at radius 1 is 1.09 bits per heavy atom. The number of amides is 3. The number of rotatable bonds is 4. The van der Waals surface area contributed by atoms with E-state index in [0.717, 1.165) is 37.1 Å². The first-order valence-corrected chi connectivity index (χ1v) is 12.4. The predicted octanol–water partition coefficient (Wildman–Crippen LogP) is 3.06. The van der Waals surface area contributed by atoms with Crippen molar-refractivity contribution in [1.82, 2.24) is 15.5 Å². The van der Waals surface area contributed by atoms with Crippen molar-refractivity contribution in [3.63, 3.8) is 0 Å². The van der Waals surface area contributed by atoms with E-state index >= 15 is 0 Å². The molecule has 2 saturated heterocycles. The van der Waals surface area contributed by atoms with Crippen molar-refractivity contribution < 1.29 is 19.1 Å². The third-order valence-corrected chi connectivity index (χ3v) is 7.44. The van der Waals surface area contributed by atoms with Crippen LogP contribution in [0, 0.1) is 5.92 Å². The molecule has 2 atom stereocenters. The van der Waals surface area contributed by atoms with Crippen molar-refractivity contribution in [1.29, 1.82) is 0 Å². The fourth-order valence-corrected chi connectivity index (χ4v) is 5.44. The standard InChI is InChI=1S/C26H29ClN4O4/c1-35-23-5-3-17(27)13-19(23)16-2-4-21-20(12-16)26(34)31-11-8-18(14-22(31)25(33)30-21)29-24(32)15-6-9-28-10-7-15/h2-5,12-13,15,18,22,28H,6-11,14H2,1H3,(H,29,32)(H,30,33). The topological polar surface area (TPSA) is 99.8 Å². The highest BCUT2D eigenvalue weighted by Crippen LogP contribution is 2.36. The Labute approximate surface area is 209 Å². The monoisotopic (exact) mass is 496 g/mol. The van der Waals surface area contributed by atoms with Crippen LogP contribution in [0.15, 0.2) is 36.4 Å². The zero-order valence-electron chi connectivity index (χ0n) is 19.6. The van der Waals surface area contributed by atoms with Gasteiger partial charge in [0.05, 0.1) is 18.4 Å². The minimum atomic E-state index is -0.633. The van der Waals surface area contributed by atoms with Crippen LogP contribution in [0.2, 0.25) is 5.02 Å². The first-order valence-electron chi connectivity index (χ1n) is 12.1. The van der Waals surface area contributed by atoms with Gasteiger partial charge in [0.2, 0.25) is 11.8 Å². The minimum Gasteiger partial charge on any atom is -0.496 e. The molecule has 5 rings (SSSR count). The van der Waals surface area contributed by atoms with Gasteiger partial charge in [-0.05, 0) is 74.7 Å². The van der Waals surface area contributed by atoms with Crippen LogP contribution in [0.4, 0.5) is 5.69 Å². The van der Waals surface area contributed by atoms with Gasteiger partial charge in [-0.2, -0.15) is 0 Å². The summed E-state index contributed by atoms with van der Waals surface area (Å²) in [6.07, 6.45) is 2.66. The molecule has 184 valence electrons. The summed E-state index contributed by atoms with van der Waals surface area (Å²) >= 11 is 6.21. The van der Waals surface area contributed by atoms with Crippen LogP contribution in [-0.4, -0.2) is 61.4 Å². The number of methoxy groups -OCH3 is 1. The number of piperidine rings is 2. The van der Waals surface area contributed by atoms with Crippen LogP contribution in [0.25, 0.3) is 11.1 Å². The molecule has 3 N–H and O–H groups in total. The molecule has 0 aromatic heterocycles. The molecule has 3 aliphatic heterocycles. The van der Waals surface area contributed by atoms with E-state index in [0.29, 0.717) is 41.4 Å². The van der Waals surface area contributed by atoms with E-state index in [4.69, 9.17) is 16.3 Å². The van der Waals surface area contributed by atoms with Gasteiger partial charge >= 0.3 is 0 Å². The molecule has 0 spiro atoms. The zero-order chi connectivity index (χ0) is 24.5. The fourth-order valence-electron chi connectivity index (χ4n) is 5.27. The molecule has 0 radical (unpaired) electrons. The molecule has 9 heteroatoms. The van der Waals surface area contributed by atoms with Gasteiger partial charge in [-0.1, -0.05) is 17.7 Å².